The Kier molecular flexibility index (Phi) is 3.88. The fourth-order valence-electron chi connectivity index (χ4n) is 2.97. The van der Waals surface area contributed by atoms with E-state index in [-0.39, 0.29) is 6.10 Å². The van der Waals surface area contributed by atoms with E-state index in [1.165, 1.54) is 25.7 Å². The van der Waals surface area contributed by atoms with Crippen molar-refractivity contribution >= 4 is 11.8 Å². The Hall–Kier alpha value is -1.76. The molecule has 0 amide bonds. The highest BCUT2D eigenvalue weighted by atomic mass is 32.2. The van der Waals surface area contributed by atoms with Crippen LogP contribution in [0.5, 0.6) is 11.5 Å². The van der Waals surface area contributed by atoms with Crippen LogP contribution in [0.2, 0.25) is 0 Å². The largest absolute Gasteiger partial charge is 0.486 e. The van der Waals surface area contributed by atoms with Crippen LogP contribution in [0.3, 0.4) is 0 Å². The fraction of sp³-hybridized carbons (Fsp3) is 0.533. The topological polar surface area (TPSA) is 62.1 Å². The molecule has 2 aromatic rings. The molecule has 7 heteroatoms. The Balaban J connectivity index is 1.39. The number of rotatable bonds is 4. The highest BCUT2D eigenvalue weighted by Gasteiger charge is 2.24. The van der Waals surface area contributed by atoms with Crippen LogP contribution in [-0.4, -0.2) is 38.7 Å². The Labute approximate surface area is 133 Å². The molecule has 22 heavy (non-hydrogen) atoms. The molecule has 1 aliphatic heterocycles. The maximum atomic E-state index is 5.97. The summed E-state index contributed by atoms with van der Waals surface area (Å²) >= 11 is 1.64. The van der Waals surface area contributed by atoms with Crippen LogP contribution >= 0.6 is 11.8 Å². The number of aromatic nitrogens is 4. The third kappa shape index (κ3) is 2.77. The van der Waals surface area contributed by atoms with Crippen molar-refractivity contribution in [2.75, 3.05) is 12.4 Å². The van der Waals surface area contributed by atoms with Gasteiger partial charge in [-0.3, -0.25) is 0 Å². The van der Waals surface area contributed by atoms with E-state index in [0.717, 1.165) is 22.4 Å². The van der Waals surface area contributed by atoms with Gasteiger partial charge in [-0.2, -0.15) is 0 Å². The van der Waals surface area contributed by atoms with Crippen molar-refractivity contribution in [1.29, 1.82) is 0 Å². The SMILES string of the molecule is c1ccc2c(c1)OCC(CSc1nnnn1C1CCCC1)O2. The molecule has 0 saturated heterocycles. The molecule has 2 heterocycles. The van der Waals surface area contributed by atoms with Crippen LogP contribution in [0.1, 0.15) is 31.7 Å². The lowest BCUT2D eigenvalue weighted by molar-refractivity contribution is 0.107. The van der Waals surface area contributed by atoms with Gasteiger partial charge in [-0.25, -0.2) is 4.68 Å². The summed E-state index contributed by atoms with van der Waals surface area (Å²) in [5.41, 5.74) is 0. The number of ether oxygens (including phenoxy) is 2. The summed E-state index contributed by atoms with van der Waals surface area (Å²) in [7, 11) is 0. The average Bonchev–Trinajstić information content (AvgIpc) is 3.23. The summed E-state index contributed by atoms with van der Waals surface area (Å²) in [6.07, 6.45) is 4.91. The summed E-state index contributed by atoms with van der Waals surface area (Å²) in [6.45, 7) is 0.564. The first kappa shape index (κ1) is 13.9. The molecule has 0 N–H and O–H groups in total. The second-order valence-electron chi connectivity index (χ2n) is 5.65. The minimum absolute atomic E-state index is 0.0219. The van der Waals surface area contributed by atoms with Gasteiger partial charge in [0.1, 0.15) is 12.7 Å². The first-order chi connectivity index (χ1) is 10.9. The smallest absolute Gasteiger partial charge is 0.209 e. The number of fused-ring (bicyclic) bond motifs is 1. The monoisotopic (exact) mass is 318 g/mol. The number of nitrogens with zero attached hydrogens (tertiary/aromatic N) is 4. The van der Waals surface area contributed by atoms with E-state index in [2.05, 4.69) is 15.5 Å². The standard InChI is InChI=1S/C15H18N4O2S/c1-2-6-11(5-1)19-15(16-17-18-19)22-10-12-9-20-13-7-3-4-8-14(13)21-12/h3-4,7-8,11-12H,1-2,5-6,9-10H2. The van der Waals surface area contributed by atoms with E-state index in [4.69, 9.17) is 9.47 Å². The summed E-state index contributed by atoms with van der Waals surface area (Å²) in [4.78, 5) is 0. The number of thioether (sulfide) groups is 1. The molecule has 6 nitrogen and oxygen atoms in total. The highest BCUT2D eigenvalue weighted by molar-refractivity contribution is 7.99. The van der Waals surface area contributed by atoms with Gasteiger partial charge in [0.15, 0.2) is 11.5 Å². The van der Waals surface area contributed by atoms with Gasteiger partial charge in [-0.05, 0) is 35.4 Å². The van der Waals surface area contributed by atoms with E-state index in [1.54, 1.807) is 11.8 Å². The first-order valence-corrected chi connectivity index (χ1v) is 8.68. The molecule has 2 aliphatic rings. The maximum Gasteiger partial charge on any atom is 0.209 e. The minimum atomic E-state index is 0.0219. The second kappa shape index (κ2) is 6.16. The summed E-state index contributed by atoms with van der Waals surface area (Å²) < 4.78 is 13.7. The fourth-order valence-corrected chi connectivity index (χ4v) is 3.88. The molecule has 0 radical (unpaired) electrons. The van der Waals surface area contributed by atoms with Gasteiger partial charge in [0.25, 0.3) is 0 Å². The summed E-state index contributed by atoms with van der Waals surface area (Å²) in [5.74, 6) is 2.41. The molecule has 1 atom stereocenters. The Bertz CT molecular complexity index is 642. The molecule has 1 fully saturated rings. The molecule has 1 aromatic carbocycles. The number of hydrogen-bond acceptors (Lipinski definition) is 6. The van der Waals surface area contributed by atoms with Crippen molar-refractivity contribution in [3.8, 4) is 11.5 Å². The average molecular weight is 318 g/mol. The first-order valence-electron chi connectivity index (χ1n) is 7.69. The molecule has 116 valence electrons. The number of para-hydroxylation sites is 2. The van der Waals surface area contributed by atoms with Crippen LogP contribution in [0.15, 0.2) is 29.4 Å². The van der Waals surface area contributed by atoms with Crippen LogP contribution in [0.25, 0.3) is 0 Å². The molecular weight excluding hydrogens is 300 g/mol. The lowest BCUT2D eigenvalue weighted by Gasteiger charge is -2.26. The maximum absolute atomic E-state index is 5.97. The Morgan fingerprint density at radius 2 is 2.00 bits per heavy atom. The van der Waals surface area contributed by atoms with Gasteiger partial charge in [0, 0.05) is 5.75 Å². The quantitative estimate of drug-likeness (QED) is 0.808. The van der Waals surface area contributed by atoms with Gasteiger partial charge in [-0.15, -0.1) is 5.10 Å². The summed E-state index contributed by atoms with van der Waals surface area (Å²) in [5, 5.41) is 13.0. The predicted octanol–water partition coefficient (Wildman–Crippen LogP) is 2.72. The predicted molar refractivity (Wildman–Crippen MR) is 82.4 cm³/mol. The van der Waals surface area contributed by atoms with E-state index in [9.17, 15) is 0 Å². The highest BCUT2D eigenvalue weighted by Crippen LogP contribution is 2.34. The number of benzene rings is 1. The lowest BCUT2D eigenvalue weighted by Crippen LogP contribution is -2.31. The van der Waals surface area contributed by atoms with E-state index in [1.807, 2.05) is 28.9 Å². The van der Waals surface area contributed by atoms with Crippen LogP contribution in [-0.2, 0) is 0 Å². The molecule has 4 rings (SSSR count). The van der Waals surface area contributed by atoms with Crippen molar-refractivity contribution in [2.24, 2.45) is 0 Å². The van der Waals surface area contributed by atoms with Crippen LogP contribution < -0.4 is 9.47 Å². The van der Waals surface area contributed by atoms with Crippen molar-refractivity contribution in [1.82, 2.24) is 20.2 Å². The lowest BCUT2D eigenvalue weighted by atomic mass is 10.3. The zero-order valence-electron chi connectivity index (χ0n) is 12.2. The zero-order valence-corrected chi connectivity index (χ0v) is 13.0. The third-order valence-corrected chi connectivity index (χ3v) is 5.16. The van der Waals surface area contributed by atoms with Gasteiger partial charge in [-0.1, -0.05) is 36.7 Å². The molecule has 0 spiro atoms. The van der Waals surface area contributed by atoms with Gasteiger partial charge in [0.2, 0.25) is 5.16 Å². The Morgan fingerprint density at radius 3 is 2.86 bits per heavy atom. The molecule has 0 bridgehead atoms. The number of tetrazole rings is 1. The molecule has 1 unspecified atom stereocenters. The van der Waals surface area contributed by atoms with E-state index in [0.29, 0.717) is 12.6 Å². The van der Waals surface area contributed by atoms with Crippen molar-refractivity contribution in [3.63, 3.8) is 0 Å². The van der Waals surface area contributed by atoms with Gasteiger partial charge < -0.3 is 9.47 Å². The van der Waals surface area contributed by atoms with Crippen molar-refractivity contribution < 1.29 is 9.47 Å². The number of hydrogen-bond donors (Lipinski definition) is 0. The van der Waals surface area contributed by atoms with E-state index >= 15 is 0 Å². The van der Waals surface area contributed by atoms with E-state index < -0.39 is 0 Å². The molecule has 1 aliphatic carbocycles. The minimum Gasteiger partial charge on any atom is -0.486 e. The normalized spacial score (nSPS) is 21.2. The second-order valence-corrected chi connectivity index (χ2v) is 6.64. The van der Waals surface area contributed by atoms with Crippen LogP contribution in [0, 0.1) is 0 Å². The molecule has 1 saturated carbocycles. The van der Waals surface area contributed by atoms with Gasteiger partial charge in [0.05, 0.1) is 6.04 Å². The van der Waals surface area contributed by atoms with Gasteiger partial charge >= 0.3 is 0 Å². The zero-order chi connectivity index (χ0) is 14.8. The van der Waals surface area contributed by atoms with Crippen LogP contribution in [0.4, 0.5) is 0 Å². The summed E-state index contributed by atoms with van der Waals surface area (Å²) in [6, 6.07) is 8.24. The van der Waals surface area contributed by atoms with Crippen molar-refractivity contribution in [2.45, 2.75) is 43.0 Å². The molecule has 1 aromatic heterocycles. The van der Waals surface area contributed by atoms with Crippen molar-refractivity contribution in [3.05, 3.63) is 24.3 Å². The third-order valence-electron chi connectivity index (χ3n) is 4.10. The molecular formula is C15H18N4O2S. The Morgan fingerprint density at radius 1 is 1.18 bits per heavy atom.